The molecule has 18 heavy (non-hydrogen) atoms. The van der Waals surface area contributed by atoms with Crippen LogP contribution in [0.4, 0.5) is 5.69 Å². The number of fused-ring (bicyclic) bond motifs is 1. The molecule has 7 nitrogen and oxygen atoms in total. The molecule has 0 spiro atoms. The minimum Gasteiger partial charge on any atom is -0.481 e. The predicted octanol–water partition coefficient (Wildman–Crippen LogP) is 1.66. The average Bonchev–Trinajstić information content (AvgIpc) is 2.63. The maximum Gasteiger partial charge on any atom is 0.313 e. The van der Waals surface area contributed by atoms with E-state index in [1.165, 1.54) is 12.1 Å². The van der Waals surface area contributed by atoms with Crippen LogP contribution in [0.25, 0.3) is 11.0 Å². The number of aliphatic carboxylic acids is 1. The normalized spacial score (nSPS) is 10.7. The van der Waals surface area contributed by atoms with E-state index in [0.29, 0.717) is 10.7 Å². The van der Waals surface area contributed by atoms with Crippen LogP contribution in [0.5, 0.6) is 0 Å². The number of hydrogen-bond donors (Lipinski definition) is 1. The monoisotopic (exact) mass is 267 g/mol. The molecule has 0 saturated carbocycles. The maximum absolute atomic E-state index is 10.6. The largest absolute Gasteiger partial charge is 0.481 e. The van der Waals surface area contributed by atoms with E-state index in [9.17, 15) is 14.9 Å². The Morgan fingerprint density at radius 2 is 2.33 bits per heavy atom. The number of nitro groups is 1. The fourth-order valence-electron chi connectivity index (χ4n) is 1.54. The third kappa shape index (κ3) is 2.28. The lowest BCUT2D eigenvalue weighted by Crippen LogP contribution is -2.00. The molecule has 94 valence electrons. The van der Waals surface area contributed by atoms with E-state index in [4.69, 9.17) is 5.11 Å². The third-order valence-corrected chi connectivity index (χ3v) is 3.37. The molecule has 0 aliphatic heterocycles. The summed E-state index contributed by atoms with van der Waals surface area (Å²) in [5.41, 5.74) is 1.18. The summed E-state index contributed by atoms with van der Waals surface area (Å²) in [7, 11) is 1.74. The van der Waals surface area contributed by atoms with Crippen LogP contribution in [0, 0.1) is 10.1 Å². The van der Waals surface area contributed by atoms with E-state index in [-0.39, 0.29) is 11.4 Å². The van der Waals surface area contributed by atoms with Gasteiger partial charge in [0.2, 0.25) is 0 Å². The Balaban J connectivity index is 2.42. The van der Waals surface area contributed by atoms with Crippen molar-refractivity contribution in [3.05, 3.63) is 28.3 Å². The van der Waals surface area contributed by atoms with Gasteiger partial charge in [-0.3, -0.25) is 14.9 Å². The van der Waals surface area contributed by atoms with Gasteiger partial charge in [-0.2, -0.15) is 0 Å². The molecular formula is C10H9N3O4S. The highest BCUT2D eigenvalue weighted by atomic mass is 32.2. The van der Waals surface area contributed by atoms with Gasteiger partial charge in [0.1, 0.15) is 0 Å². The Morgan fingerprint density at radius 3 is 2.94 bits per heavy atom. The van der Waals surface area contributed by atoms with Crippen LogP contribution in [0.15, 0.2) is 23.4 Å². The van der Waals surface area contributed by atoms with Gasteiger partial charge in [0.25, 0.3) is 5.69 Å². The minimum absolute atomic E-state index is 0.0321. The van der Waals surface area contributed by atoms with E-state index in [1.54, 1.807) is 17.7 Å². The molecule has 0 bridgehead atoms. The molecule has 0 unspecified atom stereocenters. The first-order valence-corrected chi connectivity index (χ1v) is 5.93. The summed E-state index contributed by atoms with van der Waals surface area (Å²) >= 11 is 1.08. The first-order valence-electron chi connectivity index (χ1n) is 4.94. The van der Waals surface area contributed by atoms with Crippen molar-refractivity contribution in [1.82, 2.24) is 9.55 Å². The lowest BCUT2D eigenvalue weighted by Gasteiger charge is -1.99. The van der Waals surface area contributed by atoms with Gasteiger partial charge >= 0.3 is 5.97 Å². The Kier molecular flexibility index (Phi) is 3.19. The number of nitrogens with zero attached hydrogens (tertiary/aromatic N) is 3. The quantitative estimate of drug-likeness (QED) is 0.514. The summed E-state index contributed by atoms with van der Waals surface area (Å²) in [5.74, 6) is -1.03. The summed E-state index contributed by atoms with van der Waals surface area (Å²) in [6.07, 6.45) is 0. The first kappa shape index (κ1) is 12.4. The summed E-state index contributed by atoms with van der Waals surface area (Å²) in [4.78, 5) is 24.8. The second-order valence-electron chi connectivity index (χ2n) is 3.57. The fourth-order valence-corrected chi connectivity index (χ4v) is 2.24. The maximum atomic E-state index is 10.6. The van der Waals surface area contributed by atoms with Crippen molar-refractivity contribution in [3.63, 3.8) is 0 Å². The van der Waals surface area contributed by atoms with Gasteiger partial charge in [0.15, 0.2) is 5.16 Å². The summed E-state index contributed by atoms with van der Waals surface area (Å²) < 4.78 is 1.71. The zero-order valence-corrected chi connectivity index (χ0v) is 10.2. The molecule has 0 fully saturated rings. The second kappa shape index (κ2) is 4.65. The number of imidazole rings is 1. The predicted molar refractivity (Wildman–Crippen MR) is 65.7 cm³/mol. The number of carboxylic acids is 1. The summed E-state index contributed by atoms with van der Waals surface area (Å²) in [6, 6.07) is 4.38. The zero-order chi connectivity index (χ0) is 13.3. The number of aromatic nitrogens is 2. The van der Waals surface area contributed by atoms with Crippen LogP contribution in [0.2, 0.25) is 0 Å². The van der Waals surface area contributed by atoms with E-state index in [2.05, 4.69) is 4.98 Å². The number of rotatable bonds is 4. The molecule has 1 heterocycles. The number of non-ortho nitro benzene ring substituents is 1. The van der Waals surface area contributed by atoms with Gasteiger partial charge in [0, 0.05) is 19.2 Å². The number of benzene rings is 1. The number of carboxylic acid groups (broad SMARTS) is 1. The van der Waals surface area contributed by atoms with Crippen molar-refractivity contribution in [2.75, 3.05) is 5.75 Å². The number of hydrogen-bond acceptors (Lipinski definition) is 5. The van der Waals surface area contributed by atoms with Crippen molar-refractivity contribution < 1.29 is 14.8 Å². The summed E-state index contributed by atoms with van der Waals surface area (Å²) in [5, 5.41) is 19.8. The molecular weight excluding hydrogens is 258 g/mol. The molecule has 1 N–H and O–H groups in total. The molecule has 8 heteroatoms. The molecule has 2 aromatic rings. The highest BCUT2D eigenvalue weighted by Gasteiger charge is 2.13. The van der Waals surface area contributed by atoms with Gasteiger partial charge in [0.05, 0.1) is 21.7 Å². The van der Waals surface area contributed by atoms with Crippen LogP contribution in [-0.2, 0) is 11.8 Å². The van der Waals surface area contributed by atoms with E-state index in [0.717, 1.165) is 17.3 Å². The topological polar surface area (TPSA) is 98.3 Å². The smallest absolute Gasteiger partial charge is 0.313 e. The van der Waals surface area contributed by atoms with Crippen molar-refractivity contribution in [3.8, 4) is 0 Å². The van der Waals surface area contributed by atoms with E-state index >= 15 is 0 Å². The molecule has 2 rings (SSSR count). The summed E-state index contributed by atoms with van der Waals surface area (Å²) in [6.45, 7) is 0. The Labute approximate surface area is 106 Å². The van der Waals surface area contributed by atoms with Crippen LogP contribution >= 0.6 is 11.8 Å². The molecule has 1 aromatic heterocycles. The highest BCUT2D eigenvalue weighted by molar-refractivity contribution is 7.99. The van der Waals surface area contributed by atoms with Crippen molar-refractivity contribution in [2.24, 2.45) is 7.05 Å². The first-order chi connectivity index (χ1) is 8.49. The number of carbonyl (C=O) groups is 1. The van der Waals surface area contributed by atoms with Crippen molar-refractivity contribution >= 4 is 34.5 Å². The Morgan fingerprint density at radius 1 is 1.61 bits per heavy atom. The van der Waals surface area contributed by atoms with Gasteiger partial charge in [-0.25, -0.2) is 4.98 Å². The van der Waals surface area contributed by atoms with Crippen LogP contribution < -0.4 is 0 Å². The fraction of sp³-hybridized carbons (Fsp3) is 0.200. The zero-order valence-electron chi connectivity index (χ0n) is 9.36. The second-order valence-corrected chi connectivity index (χ2v) is 4.51. The van der Waals surface area contributed by atoms with Gasteiger partial charge in [-0.15, -0.1) is 0 Å². The van der Waals surface area contributed by atoms with Gasteiger partial charge in [-0.05, 0) is 6.07 Å². The Bertz CT molecular complexity index is 637. The van der Waals surface area contributed by atoms with Crippen LogP contribution in [0.3, 0.4) is 0 Å². The van der Waals surface area contributed by atoms with E-state index < -0.39 is 10.9 Å². The van der Waals surface area contributed by atoms with Crippen LogP contribution in [0.1, 0.15) is 0 Å². The molecule has 0 radical (unpaired) electrons. The average molecular weight is 267 g/mol. The van der Waals surface area contributed by atoms with E-state index in [1.807, 2.05) is 0 Å². The lowest BCUT2D eigenvalue weighted by atomic mass is 10.3. The third-order valence-electron chi connectivity index (χ3n) is 2.36. The Hall–Kier alpha value is -2.09. The molecule has 0 amide bonds. The number of nitro benzene ring substituents is 1. The highest BCUT2D eigenvalue weighted by Crippen LogP contribution is 2.25. The number of thioether (sulfide) groups is 1. The molecule has 0 saturated heterocycles. The van der Waals surface area contributed by atoms with Crippen molar-refractivity contribution in [2.45, 2.75) is 5.16 Å². The van der Waals surface area contributed by atoms with Crippen LogP contribution in [-0.4, -0.2) is 31.3 Å². The minimum atomic E-state index is -0.932. The molecule has 0 aliphatic carbocycles. The SMILES string of the molecule is Cn1c(SCC(=O)O)nc2cc([N+](=O)[O-])ccc21. The van der Waals surface area contributed by atoms with Gasteiger partial charge < -0.3 is 9.67 Å². The molecule has 0 atom stereocenters. The van der Waals surface area contributed by atoms with Crippen molar-refractivity contribution in [1.29, 1.82) is 0 Å². The number of aryl methyl sites for hydroxylation is 1. The standard InChI is InChI=1S/C10H9N3O4S/c1-12-8-3-2-6(13(16)17)4-7(8)11-10(12)18-5-9(14)15/h2-4H,5H2,1H3,(H,14,15). The lowest BCUT2D eigenvalue weighted by molar-refractivity contribution is -0.384. The molecule has 0 aliphatic rings. The molecule has 1 aromatic carbocycles. The van der Waals surface area contributed by atoms with Gasteiger partial charge in [-0.1, -0.05) is 11.8 Å².